The van der Waals surface area contributed by atoms with E-state index in [1.807, 2.05) is 11.3 Å². The fraction of sp³-hybridized carbons (Fsp3) is 0.286. The second kappa shape index (κ2) is 4.04. The molecule has 82 valence electrons. The van der Waals surface area contributed by atoms with Crippen molar-refractivity contribution in [3.63, 3.8) is 0 Å². The number of hydrogen-bond acceptors (Lipinski definition) is 2. The first-order valence-electron chi connectivity index (χ1n) is 5.77. The lowest BCUT2D eigenvalue weighted by atomic mass is 9.91. The summed E-state index contributed by atoms with van der Waals surface area (Å²) in [5.41, 5.74) is 8.84. The largest absolute Gasteiger partial charge is 0.324 e. The molecule has 0 aliphatic heterocycles. The normalized spacial score (nSPS) is 21.1. The van der Waals surface area contributed by atoms with Gasteiger partial charge in [0.15, 0.2) is 0 Å². The van der Waals surface area contributed by atoms with E-state index in [-0.39, 0.29) is 6.04 Å². The molecule has 1 aromatic carbocycles. The first kappa shape index (κ1) is 10.1. The summed E-state index contributed by atoms with van der Waals surface area (Å²) in [5, 5.41) is 3.51. The van der Waals surface area contributed by atoms with Crippen LogP contribution in [0.25, 0.3) is 15.7 Å². The van der Waals surface area contributed by atoms with Gasteiger partial charge in [0, 0.05) is 10.7 Å². The molecule has 1 heterocycles. The van der Waals surface area contributed by atoms with E-state index in [9.17, 15) is 0 Å². The predicted octanol–water partition coefficient (Wildman–Crippen LogP) is 3.80. The van der Waals surface area contributed by atoms with Crippen molar-refractivity contribution in [1.82, 2.24) is 0 Å². The lowest BCUT2D eigenvalue weighted by Gasteiger charge is -2.18. The fourth-order valence-corrected chi connectivity index (χ4v) is 3.37. The molecule has 0 saturated carbocycles. The van der Waals surface area contributed by atoms with Crippen molar-refractivity contribution in [2.45, 2.75) is 25.3 Å². The number of hydrogen-bond donors (Lipinski definition) is 1. The van der Waals surface area contributed by atoms with Crippen molar-refractivity contribution in [2.75, 3.05) is 0 Å². The van der Waals surface area contributed by atoms with Gasteiger partial charge in [-0.05, 0) is 47.2 Å². The van der Waals surface area contributed by atoms with Crippen LogP contribution in [0.4, 0.5) is 0 Å². The van der Waals surface area contributed by atoms with Gasteiger partial charge >= 0.3 is 0 Å². The highest BCUT2D eigenvalue weighted by atomic mass is 32.1. The SMILES string of the molecule is NC1C=C(c2cccc3ccsc23)CCC1. The lowest BCUT2D eigenvalue weighted by Crippen LogP contribution is -2.19. The predicted molar refractivity (Wildman–Crippen MR) is 71.6 cm³/mol. The van der Waals surface area contributed by atoms with Crippen LogP contribution in [0.3, 0.4) is 0 Å². The van der Waals surface area contributed by atoms with Crippen molar-refractivity contribution in [2.24, 2.45) is 5.73 Å². The van der Waals surface area contributed by atoms with E-state index < -0.39 is 0 Å². The van der Waals surface area contributed by atoms with Crippen LogP contribution in [0.2, 0.25) is 0 Å². The Morgan fingerprint density at radius 3 is 3.06 bits per heavy atom. The van der Waals surface area contributed by atoms with Gasteiger partial charge in [-0.2, -0.15) is 0 Å². The fourth-order valence-electron chi connectivity index (χ4n) is 2.42. The quantitative estimate of drug-likeness (QED) is 0.791. The minimum Gasteiger partial charge on any atom is -0.324 e. The Hall–Kier alpha value is -1.12. The standard InChI is InChI=1S/C14H15NS/c15-12-5-1-4-11(9-12)13-6-2-3-10-7-8-16-14(10)13/h2-3,6-9,12H,1,4-5,15H2. The van der Waals surface area contributed by atoms with Crippen LogP contribution in [-0.4, -0.2) is 6.04 Å². The minimum absolute atomic E-state index is 0.249. The van der Waals surface area contributed by atoms with Gasteiger partial charge in [0.25, 0.3) is 0 Å². The van der Waals surface area contributed by atoms with Crippen LogP contribution in [-0.2, 0) is 0 Å². The third-order valence-corrected chi connectivity index (χ3v) is 4.19. The summed E-state index contributed by atoms with van der Waals surface area (Å²) in [6.07, 6.45) is 5.77. The highest BCUT2D eigenvalue weighted by Gasteiger charge is 2.13. The zero-order valence-electron chi connectivity index (χ0n) is 9.15. The molecule has 0 bridgehead atoms. The van der Waals surface area contributed by atoms with E-state index in [0.717, 1.165) is 6.42 Å². The zero-order valence-corrected chi connectivity index (χ0v) is 9.96. The van der Waals surface area contributed by atoms with Crippen molar-refractivity contribution in [3.8, 4) is 0 Å². The summed E-state index contributed by atoms with van der Waals surface area (Å²) in [6, 6.07) is 8.98. The van der Waals surface area contributed by atoms with E-state index in [4.69, 9.17) is 5.73 Å². The third-order valence-electron chi connectivity index (χ3n) is 3.22. The molecule has 1 atom stereocenters. The van der Waals surface area contributed by atoms with Crippen LogP contribution in [0.5, 0.6) is 0 Å². The van der Waals surface area contributed by atoms with Crippen LogP contribution >= 0.6 is 11.3 Å². The molecule has 1 aliphatic rings. The van der Waals surface area contributed by atoms with Crippen molar-refractivity contribution in [3.05, 3.63) is 41.3 Å². The molecule has 0 radical (unpaired) electrons. The molecular weight excluding hydrogens is 214 g/mol. The molecular formula is C14H15NS. The third kappa shape index (κ3) is 1.68. The van der Waals surface area contributed by atoms with E-state index in [1.165, 1.54) is 34.1 Å². The molecule has 0 amide bonds. The maximum Gasteiger partial charge on any atom is 0.0417 e. The van der Waals surface area contributed by atoms with Crippen LogP contribution in [0, 0.1) is 0 Å². The Morgan fingerprint density at radius 1 is 1.25 bits per heavy atom. The van der Waals surface area contributed by atoms with Crippen LogP contribution < -0.4 is 5.73 Å². The first-order valence-corrected chi connectivity index (χ1v) is 6.65. The average Bonchev–Trinajstić information content (AvgIpc) is 2.76. The second-order valence-corrected chi connectivity index (χ2v) is 5.31. The molecule has 1 nitrogen and oxygen atoms in total. The molecule has 0 saturated heterocycles. The molecule has 16 heavy (non-hydrogen) atoms. The van der Waals surface area contributed by atoms with Crippen molar-refractivity contribution >= 4 is 27.0 Å². The van der Waals surface area contributed by atoms with Crippen LogP contribution in [0.15, 0.2) is 35.7 Å². The summed E-state index contributed by atoms with van der Waals surface area (Å²) in [4.78, 5) is 0. The zero-order chi connectivity index (χ0) is 11.0. The highest BCUT2D eigenvalue weighted by Crippen LogP contribution is 2.34. The Labute approximate surface area is 99.6 Å². The number of allylic oxidation sites excluding steroid dienone is 1. The topological polar surface area (TPSA) is 26.0 Å². The molecule has 0 fully saturated rings. The molecule has 1 aliphatic carbocycles. The number of benzene rings is 1. The lowest BCUT2D eigenvalue weighted by molar-refractivity contribution is 0.655. The van der Waals surface area contributed by atoms with Gasteiger partial charge in [-0.1, -0.05) is 24.3 Å². The van der Waals surface area contributed by atoms with Gasteiger partial charge in [-0.15, -0.1) is 11.3 Å². The molecule has 1 unspecified atom stereocenters. The van der Waals surface area contributed by atoms with Gasteiger partial charge in [-0.3, -0.25) is 0 Å². The highest BCUT2D eigenvalue weighted by molar-refractivity contribution is 7.17. The van der Waals surface area contributed by atoms with Crippen molar-refractivity contribution in [1.29, 1.82) is 0 Å². The second-order valence-electron chi connectivity index (χ2n) is 4.39. The molecule has 2 heteroatoms. The summed E-state index contributed by atoms with van der Waals surface area (Å²) < 4.78 is 1.41. The van der Waals surface area contributed by atoms with Crippen LogP contribution in [0.1, 0.15) is 24.8 Å². The molecule has 1 aromatic heterocycles. The first-order chi connectivity index (χ1) is 7.84. The van der Waals surface area contributed by atoms with Gasteiger partial charge in [-0.25, -0.2) is 0 Å². The monoisotopic (exact) mass is 229 g/mol. The van der Waals surface area contributed by atoms with E-state index in [0.29, 0.717) is 0 Å². The summed E-state index contributed by atoms with van der Waals surface area (Å²) in [6.45, 7) is 0. The molecule has 3 rings (SSSR count). The minimum atomic E-state index is 0.249. The van der Waals surface area contributed by atoms with Gasteiger partial charge < -0.3 is 5.73 Å². The number of rotatable bonds is 1. The summed E-state index contributed by atoms with van der Waals surface area (Å²) in [7, 11) is 0. The molecule has 2 aromatic rings. The summed E-state index contributed by atoms with van der Waals surface area (Å²) >= 11 is 1.83. The number of thiophene rings is 1. The van der Waals surface area contributed by atoms with Gasteiger partial charge in [0.05, 0.1) is 0 Å². The smallest absolute Gasteiger partial charge is 0.0417 e. The average molecular weight is 229 g/mol. The Bertz CT molecular complexity index is 538. The van der Waals surface area contributed by atoms with E-state index >= 15 is 0 Å². The Balaban J connectivity index is 2.14. The maximum absolute atomic E-state index is 6.01. The Kier molecular flexibility index (Phi) is 2.54. The molecule has 0 spiro atoms. The molecule has 2 N–H and O–H groups in total. The van der Waals surface area contributed by atoms with Crippen molar-refractivity contribution < 1.29 is 0 Å². The summed E-state index contributed by atoms with van der Waals surface area (Å²) in [5.74, 6) is 0. The maximum atomic E-state index is 6.01. The number of nitrogens with two attached hydrogens (primary N) is 1. The van der Waals surface area contributed by atoms with E-state index in [1.54, 1.807) is 0 Å². The Morgan fingerprint density at radius 2 is 2.19 bits per heavy atom. The van der Waals surface area contributed by atoms with Gasteiger partial charge in [0.2, 0.25) is 0 Å². The van der Waals surface area contributed by atoms with E-state index in [2.05, 4.69) is 35.7 Å². The van der Waals surface area contributed by atoms with Gasteiger partial charge in [0.1, 0.15) is 0 Å². The number of fused-ring (bicyclic) bond motifs is 1.